The van der Waals surface area contributed by atoms with E-state index in [1.54, 1.807) is 0 Å². The maximum Gasteiger partial charge on any atom is 0.338 e. The van der Waals surface area contributed by atoms with Gasteiger partial charge < -0.3 is 16.2 Å². The highest BCUT2D eigenvalue weighted by molar-refractivity contribution is 5.92. The van der Waals surface area contributed by atoms with Crippen LogP contribution in [0.3, 0.4) is 0 Å². The van der Waals surface area contributed by atoms with Gasteiger partial charge in [-0.3, -0.25) is 4.79 Å². The second-order valence-corrected chi connectivity index (χ2v) is 4.94. The van der Waals surface area contributed by atoms with Crippen LogP contribution in [0.2, 0.25) is 0 Å². The number of aromatic carboxylic acids is 1. The van der Waals surface area contributed by atoms with Crippen molar-refractivity contribution in [2.75, 3.05) is 11.9 Å². The van der Waals surface area contributed by atoms with Crippen LogP contribution in [0.25, 0.3) is 0 Å². The van der Waals surface area contributed by atoms with Crippen molar-refractivity contribution in [3.8, 4) is 0 Å². The molecule has 21 heavy (non-hydrogen) atoms. The van der Waals surface area contributed by atoms with E-state index in [4.69, 9.17) is 10.8 Å². The molecule has 0 aromatic heterocycles. The standard InChI is InChI=1S/C15H21FN2O3/c1-2-10(7-8-17)3-6-14(19)18-11-4-5-12(15(20)21)13(16)9-11/h4-5,9-10H,2-3,6-8,17H2,1H3,(H,18,19)(H,20,21). The number of carbonyl (C=O) groups is 2. The summed E-state index contributed by atoms with van der Waals surface area (Å²) in [7, 11) is 0. The molecule has 1 amide bonds. The van der Waals surface area contributed by atoms with Crippen molar-refractivity contribution in [1.82, 2.24) is 0 Å². The number of nitrogens with one attached hydrogen (secondary N) is 1. The van der Waals surface area contributed by atoms with Crippen molar-refractivity contribution in [2.45, 2.75) is 32.6 Å². The number of rotatable bonds is 8. The molecule has 6 heteroatoms. The molecule has 0 bridgehead atoms. The number of halogens is 1. The van der Waals surface area contributed by atoms with Crippen molar-refractivity contribution in [1.29, 1.82) is 0 Å². The lowest BCUT2D eigenvalue weighted by Crippen LogP contribution is -2.15. The Morgan fingerprint density at radius 3 is 2.62 bits per heavy atom. The van der Waals surface area contributed by atoms with Gasteiger partial charge in [0, 0.05) is 12.1 Å². The molecule has 4 N–H and O–H groups in total. The molecular weight excluding hydrogens is 275 g/mol. The Hall–Kier alpha value is -1.95. The van der Waals surface area contributed by atoms with E-state index in [0.717, 1.165) is 31.4 Å². The van der Waals surface area contributed by atoms with E-state index in [9.17, 15) is 14.0 Å². The summed E-state index contributed by atoms with van der Waals surface area (Å²) in [6.07, 6.45) is 2.91. The molecule has 1 unspecified atom stereocenters. The van der Waals surface area contributed by atoms with Crippen LogP contribution in [0.15, 0.2) is 18.2 Å². The first-order chi connectivity index (χ1) is 9.97. The van der Waals surface area contributed by atoms with Crippen molar-refractivity contribution in [3.05, 3.63) is 29.6 Å². The number of hydrogen-bond donors (Lipinski definition) is 3. The summed E-state index contributed by atoms with van der Waals surface area (Å²) in [4.78, 5) is 22.5. The minimum absolute atomic E-state index is 0.215. The normalized spacial score (nSPS) is 12.0. The van der Waals surface area contributed by atoms with E-state index in [1.165, 1.54) is 6.07 Å². The molecule has 0 spiro atoms. The summed E-state index contributed by atoms with van der Waals surface area (Å²) in [6, 6.07) is 3.52. The Labute approximate surface area is 123 Å². The van der Waals surface area contributed by atoms with Gasteiger partial charge in [0.2, 0.25) is 5.91 Å². The average molecular weight is 296 g/mol. The molecule has 1 aromatic carbocycles. The van der Waals surface area contributed by atoms with Crippen LogP contribution in [-0.2, 0) is 4.79 Å². The van der Waals surface area contributed by atoms with Gasteiger partial charge in [0.15, 0.2) is 0 Å². The van der Waals surface area contributed by atoms with Gasteiger partial charge in [-0.1, -0.05) is 13.3 Å². The molecule has 0 aliphatic rings. The smallest absolute Gasteiger partial charge is 0.338 e. The summed E-state index contributed by atoms with van der Waals surface area (Å²) in [6.45, 7) is 2.65. The molecule has 0 aliphatic carbocycles. The van der Waals surface area contributed by atoms with E-state index in [2.05, 4.69) is 12.2 Å². The lowest BCUT2D eigenvalue weighted by molar-refractivity contribution is -0.116. The first-order valence-electron chi connectivity index (χ1n) is 7.00. The minimum Gasteiger partial charge on any atom is -0.478 e. The third kappa shape index (κ3) is 5.51. The number of carbonyl (C=O) groups excluding carboxylic acids is 1. The van der Waals surface area contributed by atoms with Gasteiger partial charge >= 0.3 is 5.97 Å². The Bertz CT molecular complexity index is 506. The number of nitrogens with two attached hydrogens (primary N) is 1. The summed E-state index contributed by atoms with van der Waals surface area (Å²) >= 11 is 0. The zero-order valence-corrected chi connectivity index (χ0v) is 12.1. The fourth-order valence-corrected chi connectivity index (χ4v) is 2.11. The van der Waals surface area contributed by atoms with Crippen molar-refractivity contribution >= 4 is 17.6 Å². The fourth-order valence-electron chi connectivity index (χ4n) is 2.11. The predicted octanol–water partition coefficient (Wildman–Crippen LogP) is 2.62. The van der Waals surface area contributed by atoms with Crippen molar-refractivity contribution in [2.24, 2.45) is 11.7 Å². The third-order valence-electron chi connectivity index (χ3n) is 3.42. The van der Waals surface area contributed by atoms with E-state index in [0.29, 0.717) is 18.9 Å². The van der Waals surface area contributed by atoms with Crippen molar-refractivity contribution < 1.29 is 19.1 Å². The topological polar surface area (TPSA) is 92.4 Å². The van der Waals surface area contributed by atoms with Crippen LogP contribution in [0, 0.1) is 11.7 Å². The first-order valence-corrected chi connectivity index (χ1v) is 7.00. The largest absolute Gasteiger partial charge is 0.478 e. The Morgan fingerprint density at radius 1 is 1.38 bits per heavy atom. The molecule has 0 aliphatic heterocycles. The Kier molecular flexibility index (Phi) is 6.81. The second-order valence-electron chi connectivity index (χ2n) is 4.94. The number of anilines is 1. The van der Waals surface area contributed by atoms with Crippen LogP contribution in [0.1, 0.15) is 43.0 Å². The molecule has 5 nitrogen and oxygen atoms in total. The average Bonchev–Trinajstić information content (AvgIpc) is 2.43. The quantitative estimate of drug-likeness (QED) is 0.687. The van der Waals surface area contributed by atoms with Crippen LogP contribution in [0.4, 0.5) is 10.1 Å². The molecule has 1 atom stereocenters. The zero-order valence-electron chi connectivity index (χ0n) is 12.1. The zero-order chi connectivity index (χ0) is 15.8. The van der Waals surface area contributed by atoms with Gasteiger partial charge in [-0.25, -0.2) is 9.18 Å². The minimum atomic E-state index is -1.34. The number of benzene rings is 1. The molecular formula is C15H21FN2O3. The Morgan fingerprint density at radius 2 is 2.10 bits per heavy atom. The van der Waals surface area contributed by atoms with E-state index < -0.39 is 17.3 Å². The van der Waals surface area contributed by atoms with Gasteiger partial charge in [-0.05, 0) is 43.5 Å². The van der Waals surface area contributed by atoms with Gasteiger partial charge in [0.05, 0.1) is 5.56 Å². The second kappa shape index (κ2) is 8.36. The molecule has 0 heterocycles. The molecule has 0 saturated heterocycles. The van der Waals surface area contributed by atoms with Crippen LogP contribution < -0.4 is 11.1 Å². The first kappa shape index (κ1) is 17.1. The predicted molar refractivity (Wildman–Crippen MR) is 78.7 cm³/mol. The van der Waals surface area contributed by atoms with Gasteiger partial charge in [0.1, 0.15) is 5.82 Å². The third-order valence-corrected chi connectivity index (χ3v) is 3.42. The summed E-state index contributed by atoms with van der Waals surface area (Å²) in [5.74, 6) is -2.01. The highest BCUT2D eigenvalue weighted by Crippen LogP contribution is 2.17. The molecule has 1 aromatic rings. The molecule has 0 radical (unpaired) electrons. The lowest BCUT2D eigenvalue weighted by Gasteiger charge is -2.13. The molecule has 116 valence electrons. The number of hydrogen-bond acceptors (Lipinski definition) is 3. The summed E-state index contributed by atoms with van der Waals surface area (Å²) in [5.41, 5.74) is 5.34. The van der Waals surface area contributed by atoms with Crippen LogP contribution >= 0.6 is 0 Å². The maximum absolute atomic E-state index is 13.5. The highest BCUT2D eigenvalue weighted by Gasteiger charge is 2.12. The lowest BCUT2D eigenvalue weighted by atomic mass is 9.96. The monoisotopic (exact) mass is 296 g/mol. The van der Waals surface area contributed by atoms with E-state index in [1.807, 2.05) is 0 Å². The maximum atomic E-state index is 13.5. The SMILES string of the molecule is CCC(CCN)CCC(=O)Nc1ccc(C(=O)O)c(F)c1. The molecule has 0 saturated carbocycles. The van der Waals surface area contributed by atoms with Crippen molar-refractivity contribution in [3.63, 3.8) is 0 Å². The van der Waals surface area contributed by atoms with E-state index in [-0.39, 0.29) is 11.6 Å². The number of carboxylic acid groups (broad SMARTS) is 1. The van der Waals surface area contributed by atoms with E-state index >= 15 is 0 Å². The summed E-state index contributed by atoms with van der Waals surface area (Å²) < 4.78 is 13.5. The van der Waals surface area contributed by atoms with Crippen LogP contribution in [-0.4, -0.2) is 23.5 Å². The summed E-state index contributed by atoms with van der Waals surface area (Å²) in [5, 5.41) is 11.3. The molecule has 0 fully saturated rings. The van der Waals surface area contributed by atoms with Gasteiger partial charge in [-0.15, -0.1) is 0 Å². The molecule has 1 rings (SSSR count). The van der Waals surface area contributed by atoms with Gasteiger partial charge in [-0.2, -0.15) is 0 Å². The highest BCUT2D eigenvalue weighted by atomic mass is 19.1. The van der Waals surface area contributed by atoms with Crippen LogP contribution in [0.5, 0.6) is 0 Å². The van der Waals surface area contributed by atoms with Gasteiger partial charge in [0.25, 0.3) is 0 Å². The fraction of sp³-hybridized carbons (Fsp3) is 0.467. The number of carboxylic acids is 1. The Balaban J connectivity index is 2.55. The number of amides is 1.